The molecule has 2 aromatic rings. The zero-order valence-electron chi connectivity index (χ0n) is 17.1. The maximum absolute atomic E-state index is 12.0. The fourth-order valence-corrected chi connectivity index (χ4v) is 3.33. The van der Waals surface area contributed by atoms with Gasteiger partial charge in [-0.25, -0.2) is 5.43 Å². The van der Waals surface area contributed by atoms with E-state index in [1.807, 2.05) is 30.3 Å². The lowest BCUT2D eigenvalue weighted by Crippen LogP contribution is -2.44. The van der Waals surface area contributed by atoms with Crippen LogP contribution in [0.5, 0.6) is 11.5 Å². The Morgan fingerprint density at radius 1 is 1.03 bits per heavy atom. The van der Waals surface area contributed by atoms with Crippen LogP contribution in [0.25, 0.3) is 0 Å². The molecule has 7 heteroatoms. The first kappa shape index (κ1) is 21.4. The zero-order valence-corrected chi connectivity index (χ0v) is 17.1. The van der Waals surface area contributed by atoms with Crippen LogP contribution in [0.1, 0.15) is 43.2 Å². The summed E-state index contributed by atoms with van der Waals surface area (Å²) in [6, 6.07) is 15.2. The first-order valence-corrected chi connectivity index (χ1v) is 10.1. The Morgan fingerprint density at radius 3 is 2.53 bits per heavy atom. The van der Waals surface area contributed by atoms with Crippen molar-refractivity contribution in [2.24, 2.45) is 5.10 Å². The standard InChI is InChI=1S/C23H27N3O4/c1-29-21-14-18(12-13-20(21)30-16-17-8-4-2-5-9-17)15-24-26-23(28)22(27)25-19-10-6-3-7-11-19/h2,4-5,8-9,12-15,19H,3,6-7,10-11,16H2,1H3,(H,25,27)(H,26,28). The fraction of sp³-hybridized carbons (Fsp3) is 0.348. The minimum atomic E-state index is -0.772. The number of carbonyl (C=O) groups excluding carboxylic acids is 2. The van der Waals surface area contributed by atoms with Gasteiger partial charge in [-0.15, -0.1) is 0 Å². The number of rotatable bonds is 7. The van der Waals surface area contributed by atoms with Gasteiger partial charge in [0.1, 0.15) is 6.61 Å². The van der Waals surface area contributed by atoms with Crippen LogP contribution in [-0.2, 0) is 16.2 Å². The molecule has 30 heavy (non-hydrogen) atoms. The maximum atomic E-state index is 12.0. The van der Waals surface area contributed by atoms with Crippen LogP contribution >= 0.6 is 0 Å². The van der Waals surface area contributed by atoms with Crippen molar-refractivity contribution in [3.8, 4) is 11.5 Å². The van der Waals surface area contributed by atoms with Crippen molar-refractivity contribution in [3.63, 3.8) is 0 Å². The maximum Gasteiger partial charge on any atom is 0.329 e. The molecule has 158 valence electrons. The summed E-state index contributed by atoms with van der Waals surface area (Å²) in [4.78, 5) is 23.9. The summed E-state index contributed by atoms with van der Waals surface area (Å²) in [5.41, 5.74) is 4.02. The number of nitrogens with zero attached hydrogens (tertiary/aromatic N) is 1. The van der Waals surface area contributed by atoms with Gasteiger partial charge < -0.3 is 14.8 Å². The lowest BCUT2D eigenvalue weighted by molar-refractivity contribution is -0.139. The molecule has 2 aromatic carbocycles. The number of hydrazone groups is 1. The molecule has 0 aromatic heterocycles. The van der Waals surface area contributed by atoms with Gasteiger partial charge >= 0.3 is 11.8 Å². The van der Waals surface area contributed by atoms with E-state index >= 15 is 0 Å². The topological polar surface area (TPSA) is 89.0 Å². The van der Waals surface area contributed by atoms with E-state index in [1.165, 1.54) is 12.6 Å². The highest BCUT2D eigenvalue weighted by atomic mass is 16.5. The molecule has 0 unspecified atom stereocenters. The molecule has 0 atom stereocenters. The van der Waals surface area contributed by atoms with Gasteiger partial charge in [0.25, 0.3) is 0 Å². The van der Waals surface area contributed by atoms with E-state index in [0.29, 0.717) is 23.7 Å². The third kappa shape index (κ3) is 6.34. The first-order valence-electron chi connectivity index (χ1n) is 10.1. The van der Waals surface area contributed by atoms with Crippen LogP contribution < -0.4 is 20.2 Å². The molecule has 1 aliphatic carbocycles. The molecule has 0 radical (unpaired) electrons. The Balaban J connectivity index is 1.52. The van der Waals surface area contributed by atoms with Crippen molar-refractivity contribution in [2.45, 2.75) is 44.8 Å². The summed E-state index contributed by atoms with van der Waals surface area (Å²) in [6.07, 6.45) is 6.63. The lowest BCUT2D eigenvalue weighted by atomic mass is 9.95. The summed E-state index contributed by atoms with van der Waals surface area (Å²) >= 11 is 0. The molecule has 3 rings (SSSR count). The third-order valence-corrected chi connectivity index (χ3v) is 4.95. The number of benzene rings is 2. The van der Waals surface area contributed by atoms with Gasteiger partial charge in [-0.3, -0.25) is 9.59 Å². The highest BCUT2D eigenvalue weighted by Gasteiger charge is 2.19. The average Bonchev–Trinajstić information content (AvgIpc) is 2.79. The van der Waals surface area contributed by atoms with Gasteiger partial charge in [0, 0.05) is 6.04 Å². The van der Waals surface area contributed by atoms with Crippen molar-refractivity contribution in [2.75, 3.05) is 7.11 Å². The van der Waals surface area contributed by atoms with E-state index in [4.69, 9.17) is 9.47 Å². The van der Waals surface area contributed by atoms with E-state index in [1.54, 1.807) is 25.3 Å². The van der Waals surface area contributed by atoms with Crippen LogP contribution in [0.2, 0.25) is 0 Å². The van der Waals surface area contributed by atoms with Crippen molar-refractivity contribution in [1.82, 2.24) is 10.7 Å². The first-order chi connectivity index (χ1) is 14.7. The van der Waals surface area contributed by atoms with E-state index in [9.17, 15) is 9.59 Å². The van der Waals surface area contributed by atoms with Crippen LogP contribution in [-0.4, -0.2) is 31.2 Å². The predicted molar refractivity (Wildman–Crippen MR) is 115 cm³/mol. The SMILES string of the molecule is COc1cc(C=NNC(=O)C(=O)NC2CCCCC2)ccc1OCc1ccccc1. The quantitative estimate of drug-likeness (QED) is 0.418. The van der Waals surface area contributed by atoms with Crippen LogP contribution in [0.15, 0.2) is 53.6 Å². The normalized spacial score (nSPS) is 14.3. The third-order valence-electron chi connectivity index (χ3n) is 4.95. The Hall–Kier alpha value is -3.35. The molecule has 2 amide bonds. The molecule has 7 nitrogen and oxygen atoms in total. The molecular weight excluding hydrogens is 382 g/mol. The molecule has 1 fully saturated rings. The summed E-state index contributed by atoms with van der Waals surface area (Å²) in [5.74, 6) is -0.265. The molecular formula is C23H27N3O4. The van der Waals surface area contributed by atoms with Gasteiger partial charge in [-0.2, -0.15) is 5.10 Å². The minimum Gasteiger partial charge on any atom is -0.493 e. The van der Waals surface area contributed by atoms with Crippen LogP contribution in [0.4, 0.5) is 0 Å². The number of hydrogen-bond acceptors (Lipinski definition) is 5. The summed E-state index contributed by atoms with van der Waals surface area (Å²) in [6.45, 7) is 0.427. The van der Waals surface area contributed by atoms with Crippen LogP contribution in [0.3, 0.4) is 0 Å². The van der Waals surface area contributed by atoms with E-state index in [2.05, 4.69) is 15.8 Å². The van der Waals surface area contributed by atoms with Crippen molar-refractivity contribution in [1.29, 1.82) is 0 Å². The number of hydrogen-bond donors (Lipinski definition) is 2. The second-order valence-electron chi connectivity index (χ2n) is 7.19. The zero-order chi connectivity index (χ0) is 21.2. The largest absolute Gasteiger partial charge is 0.493 e. The Labute approximate surface area is 176 Å². The molecule has 1 saturated carbocycles. The molecule has 2 N–H and O–H groups in total. The van der Waals surface area contributed by atoms with Crippen LogP contribution in [0, 0.1) is 0 Å². The smallest absolute Gasteiger partial charge is 0.329 e. The second-order valence-corrected chi connectivity index (χ2v) is 7.19. The van der Waals surface area contributed by atoms with Gasteiger partial charge in [-0.05, 0) is 42.2 Å². The van der Waals surface area contributed by atoms with Crippen molar-refractivity contribution in [3.05, 3.63) is 59.7 Å². The average molecular weight is 409 g/mol. The molecule has 0 aliphatic heterocycles. The summed E-state index contributed by atoms with van der Waals surface area (Å²) in [5, 5.41) is 6.63. The van der Waals surface area contributed by atoms with Crippen molar-refractivity contribution < 1.29 is 19.1 Å². The predicted octanol–water partition coefficient (Wildman–Crippen LogP) is 3.17. The Morgan fingerprint density at radius 2 is 1.80 bits per heavy atom. The molecule has 0 spiro atoms. The number of amides is 2. The number of ether oxygens (including phenoxy) is 2. The molecule has 0 heterocycles. The number of nitrogens with one attached hydrogen (secondary N) is 2. The Kier molecular flexibility index (Phi) is 7.83. The summed E-state index contributed by atoms with van der Waals surface area (Å²) in [7, 11) is 1.56. The van der Waals surface area contributed by atoms with Gasteiger partial charge in [-0.1, -0.05) is 49.6 Å². The highest BCUT2D eigenvalue weighted by molar-refractivity contribution is 6.35. The van der Waals surface area contributed by atoms with Crippen molar-refractivity contribution >= 4 is 18.0 Å². The second kappa shape index (κ2) is 11.0. The van der Waals surface area contributed by atoms with E-state index in [0.717, 1.165) is 31.2 Å². The molecule has 0 saturated heterocycles. The number of carbonyl (C=O) groups is 2. The summed E-state index contributed by atoms with van der Waals surface area (Å²) < 4.78 is 11.2. The minimum absolute atomic E-state index is 0.0775. The number of methoxy groups -OCH3 is 1. The molecule has 0 bridgehead atoms. The highest BCUT2D eigenvalue weighted by Crippen LogP contribution is 2.28. The van der Waals surface area contributed by atoms with Gasteiger partial charge in [0.05, 0.1) is 13.3 Å². The van der Waals surface area contributed by atoms with Gasteiger partial charge in [0.2, 0.25) is 0 Å². The lowest BCUT2D eigenvalue weighted by Gasteiger charge is -2.22. The fourth-order valence-electron chi connectivity index (χ4n) is 3.33. The Bertz CT molecular complexity index is 877. The monoisotopic (exact) mass is 409 g/mol. The van der Waals surface area contributed by atoms with E-state index in [-0.39, 0.29) is 6.04 Å². The van der Waals surface area contributed by atoms with Gasteiger partial charge in [0.15, 0.2) is 11.5 Å². The van der Waals surface area contributed by atoms with E-state index < -0.39 is 11.8 Å². The molecule has 1 aliphatic rings.